The summed E-state index contributed by atoms with van der Waals surface area (Å²) in [5.41, 5.74) is -2.94. The molecule has 0 bridgehead atoms. The fourth-order valence-corrected chi connectivity index (χ4v) is 1.98. The van der Waals surface area contributed by atoms with Gasteiger partial charge in [-0.2, -0.15) is 26.3 Å². The number of para-hydroxylation sites is 1. The fourth-order valence-electron chi connectivity index (χ4n) is 1.98. The Hall–Kier alpha value is -2.51. The second-order valence-corrected chi connectivity index (χ2v) is 5.00. The summed E-state index contributed by atoms with van der Waals surface area (Å²) in [5, 5.41) is 9.79. The van der Waals surface area contributed by atoms with E-state index in [2.05, 4.69) is 4.99 Å². The molecule has 0 spiro atoms. The van der Waals surface area contributed by atoms with Gasteiger partial charge in [-0.25, -0.2) is 0 Å². The first-order valence-electron chi connectivity index (χ1n) is 6.61. The van der Waals surface area contributed by atoms with Crippen LogP contribution >= 0.6 is 0 Å². The monoisotopic (exact) mass is 347 g/mol. The molecule has 0 fully saturated rings. The van der Waals surface area contributed by atoms with Crippen LogP contribution in [0.25, 0.3) is 0 Å². The van der Waals surface area contributed by atoms with E-state index in [0.717, 1.165) is 6.21 Å². The average molecular weight is 347 g/mol. The Labute approximate surface area is 133 Å². The van der Waals surface area contributed by atoms with Gasteiger partial charge in [0.2, 0.25) is 0 Å². The lowest BCUT2D eigenvalue weighted by atomic mass is 10.1. The molecule has 0 aliphatic carbocycles. The Morgan fingerprint density at radius 1 is 0.958 bits per heavy atom. The van der Waals surface area contributed by atoms with Gasteiger partial charge in [0.15, 0.2) is 0 Å². The van der Waals surface area contributed by atoms with E-state index in [-0.39, 0.29) is 17.4 Å². The molecule has 0 heterocycles. The Bertz CT molecular complexity index is 777. The second-order valence-electron chi connectivity index (χ2n) is 5.00. The molecule has 0 aliphatic heterocycles. The highest BCUT2D eigenvalue weighted by atomic mass is 19.4. The van der Waals surface area contributed by atoms with Crippen molar-refractivity contribution in [2.24, 2.45) is 4.99 Å². The normalized spacial score (nSPS) is 12.8. The summed E-state index contributed by atoms with van der Waals surface area (Å²) in [6.45, 7) is 1.59. The molecule has 8 heteroatoms. The van der Waals surface area contributed by atoms with Crippen molar-refractivity contribution >= 4 is 11.9 Å². The fraction of sp³-hybridized carbons (Fsp3) is 0.188. The highest BCUT2D eigenvalue weighted by Crippen LogP contribution is 2.40. The molecule has 0 radical (unpaired) electrons. The first-order valence-corrected chi connectivity index (χ1v) is 6.61. The molecule has 0 amide bonds. The Morgan fingerprint density at radius 2 is 1.62 bits per heavy atom. The van der Waals surface area contributed by atoms with Crippen LogP contribution in [0, 0.1) is 6.92 Å². The molecule has 24 heavy (non-hydrogen) atoms. The zero-order chi connectivity index (χ0) is 18.1. The Kier molecular flexibility index (Phi) is 4.59. The number of benzene rings is 2. The van der Waals surface area contributed by atoms with Crippen LogP contribution in [-0.4, -0.2) is 11.3 Å². The van der Waals surface area contributed by atoms with Crippen LogP contribution in [0.1, 0.15) is 22.3 Å². The molecule has 2 aromatic carbocycles. The number of aliphatic imine (C=N–C) groups is 1. The van der Waals surface area contributed by atoms with Gasteiger partial charge in [-0.3, -0.25) is 4.99 Å². The molecule has 0 saturated carbocycles. The minimum atomic E-state index is -5.00. The lowest BCUT2D eigenvalue weighted by Crippen LogP contribution is -2.10. The lowest BCUT2D eigenvalue weighted by Gasteiger charge is -2.13. The third kappa shape index (κ3) is 3.87. The van der Waals surface area contributed by atoms with Gasteiger partial charge in [0.1, 0.15) is 5.75 Å². The Balaban J connectivity index is 2.50. The smallest absolute Gasteiger partial charge is 0.418 e. The predicted molar refractivity (Wildman–Crippen MR) is 76.5 cm³/mol. The van der Waals surface area contributed by atoms with Crippen LogP contribution in [0.2, 0.25) is 0 Å². The molecule has 1 N–H and O–H groups in total. The largest absolute Gasteiger partial charge is 0.507 e. The van der Waals surface area contributed by atoms with Gasteiger partial charge >= 0.3 is 12.4 Å². The van der Waals surface area contributed by atoms with Crippen molar-refractivity contribution in [2.75, 3.05) is 0 Å². The summed E-state index contributed by atoms with van der Waals surface area (Å²) in [6.07, 6.45) is -8.92. The highest BCUT2D eigenvalue weighted by Gasteiger charge is 2.38. The summed E-state index contributed by atoms with van der Waals surface area (Å²) in [7, 11) is 0. The average Bonchev–Trinajstić information content (AvgIpc) is 2.46. The number of hydrogen-bond acceptors (Lipinski definition) is 2. The standard InChI is InChI=1S/C16H11F6NO/c1-9-3-2-4-10(14(9)24)8-23-13-6-5-11(15(17,18)19)7-12(13)16(20,21)22/h2-8,24H,1H3. The number of aryl methyl sites for hydroxylation is 1. The van der Waals surface area contributed by atoms with Gasteiger partial charge < -0.3 is 5.11 Å². The van der Waals surface area contributed by atoms with Crippen molar-refractivity contribution in [3.63, 3.8) is 0 Å². The highest BCUT2D eigenvalue weighted by molar-refractivity contribution is 5.86. The number of alkyl halides is 6. The van der Waals surface area contributed by atoms with Crippen LogP contribution in [0.3, 0.4) is 0 Å². The zero-order valence-corrected chi connectivity index (χ0v) is 12.2. The van der Waals surface area contributed by atoms with Crippen LogP contribution in [0.4, 0.5) is 32.0 Å². The molecule has 2 nitrogen and oxygen atoms in total. The van der Waals surface area contributed by atoms with E-state index >= 15 is 0 Å². The summed E-state index contributed by atoms with van der Waals surface area (Å²) in [6, 6.07) is 5.76. The molecular formula is C16H11F6NO. The first-order chi connectivity index (χ1) is 11.0. The van der Waals surface area contributed by atoms with Crippen LogP contribution < -0.4 is 0 Å². The molecule has 0 saturated heterocycles. The van der Waals surface area contributed by atoms with Crippen LogP contribution in [0.15, 0.2) is 41.4 Å². The van der Waals surface area contributed by atoms with Crippen LogP contribution in [0.5, 0.6) is 5.75 Å². The zero-order valence-electron chi connectivity index (χ0n) is 12.2. The minimum Gasteiger partial charge on any atom is -0.507 e. The minimum absolute atomic E-state index is 0.0166. The van der Waals surface area contributed by atoms with Crippen molar-refractivity contribution in [1.82, 2.24) is 0 Å². The van der Waals surface area contributed by atoms with Crippen molar-refractivity contribution in [1.29, 1.82) is 0 Å². The van der Waals surface area contributed by atoms with E-state index in [1.165, 1.54) is 6.07 Å². The molecule has 0 aliphatic rings. The van der Waals surface area contributed by atoms with E-state index in [9.17, 15) is 31.4 Å². The van der Waals surface area contributed by atoms with Gasteiger partial charge in [0, 0.05) is 11.8 Å². The number of rotatable bonds is 2. The quantitative estimate of drug-likeness (QED) is 0.566. The van der Waals surface area contributed by atoms with Crippen molar-refractivity contribution in [3.05, 3.63) is 58.7 Å². The molecule has 2 aromatic rings. The van der Waals surface area contributed by atoms with Gasteiger partial charge in [0.25, 0.3) is 0 Å². The maximum absolute atomic E-state index is 13.0. The van der Waals surface area contributed by atoms with E-state index < -0.39 is 29.2 Å². The van der Waals surface area contributed by atoms with Crippen molar-refractivity contribution < 1.29 is 31.4 Å². The van der Waals surface area contributed by atoms with E-state index in [1.54, 1.807) is 19.1 Å². The van der Waals surface area contributed by atoms with Gasteiger partial charge in [-0.05, 0) is 36.8 Å². The summed E-state index contributed by atoms with van der Waals surface area (Å²) < 4.78 is 76.8. The van der Waals surface area contributed by atoms with Crippen molar-refractivity contribution in [2.45, 2.75) is 19.3 Å². The van der Waals surface area contributed by atoms with Crippen molar-refractivity contribution in [3.8, 4) is 5.75 Å². The second kappa shape index (κ2) is 6.18. The Morgan fingerprint density at radius 3 is 2.21 bits per heavy atom. The third-order valence-corrected chi connectivity index (χ3v) is 3.24. The topological polar surface area (TPSA) is 32.6 Å². The van der Waals surface area contributed by atoms with E-state index in [0.29, 0.717) is 17.7 Å². The number of phenols is 1. The number of hydrogen-bond donors (Lipinski definition) is 1. The predicted octanol–water partition coefficient (Wildman–Crippen LogP) is 5.49. The third-order valence-electron chi connectivity index (χ3n) is 3.24. The van der Waals surface area contributed by atoms with E-state index in [1.807, 2.05) is 0 Å². The molecule has 128 valence electrons. The summed E-state index contributed by atoms with van der Waals surface area (Å²) in [4.78, 5) is 3.60. The number of halogens is 6. The number of aromatic hydroxyl groups is 1. The maximum Gasteiger partial charge on any atom is 0.418 e. The lowest BCUT2D eigenvalue weighted by molar-refractivity contribution is -0.142. The van der Waals surface area contributed by atoms with E-state index in [4.69, 9.17) is 0 Å². The number of nitrogens with zero attached hydrogens (tertiary/aromatic N) is 1. The molecular weight excluding hydrogens is 336 g/mol. The SMILES string of the molecule is Cc1cccc(C=Nc2ccc(C(F)(F)F)cc2C(F)(F)F)c1O. The summed E-state index contributed by atoms with van der Waals surface area (Å²) >= 11 is 0. The summed E-state index contributed by atoms with van der Waals surface area (Å²) in [5.74, 6) is -0.165. The molecule has 0 atom stereocenters. The number of phenolic OH excluding ortho intramolecular Hbond substituents is 1. The maximum atomic E-state index is 13.0. The molecule has 0 aromatic heterocycles. The van der Waals surface area contributed by atoms with Gasteiger partial charge in [-0.1, -0.05) is 12.1 Å². The first kappa shape index (κ1) is 17.8. The van der Waals surface area contributed by atoms with Gasteiger partial charge in [-0.15, -0.1) is 0 Å². The van der Waals surface area contributed by atoms with Crippen LogP contribution in [-0.2, 0) is 12.4 Å². The molecule has 2 rings (SSSR count). The molecule has 0 unspecified atom stereocenters. The van der Waals surface area contributed by atoms with Gasteiger partial charge in [0.05, 0.1) is 16.8 Å².